The summed E-state index contributed by atoms with van der Waals surface area (Å²) in [4.78, 5) is 11.1. The Hall–Kier alpha value is -1.51. The van der Waals surface area contributed by atoms with Crippen LogP contribution < -0.4 is 9.47 Å². The molecule has 0 saturated heterocycles. The smallest absolute Gasteiger partial charge is 0.169 e. The number of rotatable bonds is 5. The van der Waals surface area contributed by atoms with Crippen molar-refractivity contribution in [3.05, 3.63) is 23.8 Å². The Bertz CT molecular complexity index is 371. The molecule has 1 atom stereocenters. The molecule has 0 radical (unpaired) electrons. The van der Waals surface area contributed by atoms with Gasteiger partial charge in [0.1, 0.15) is 11.5 Å². The molecular weight excluding hydrogens is 204 g/mol. The number of ether oxygens (including phenoxy) is 2. The fourth-order valence-corrected chi connectivity index (χ4v) is 1.31. The molecule has 0 aliphatic heterocycles. The highest BCUT2D eigenvalue weighted by atomic mass is 16.5. The second-order valence-electron chi connectivity index (χ2n) is 3.68. The van der Waals surface area contributed by atoms with Gasteiger partial charge in [-0.15, -0.1) is 0 Å². The first-order valence-corrected chi connectivity index (χ1v) is 5.45. The van der Waals surface area contributed by atoms with Crippen LogP contribution in [0.2, 0.25) is 0 Å². The normalized spacial score (nSPS) is 12.0. The van der Waals surface area contributed by atoms with E-state index in [2.05, 4.69) is 0 Å². The van der Waals surface area contributed by atoms with Crippen molar-refractivity contribution in [1.82, 2.24) is 0 Å². The number of carbonyl (C=O) groups excluding carboxylic acids is 1. The van der Waals surface area contributed by atoms with Gasteiger partial charge in [-0.2, -0.15) is 0 Å². The van der Waals surface area contributed by atoms with Gasteiger partial charge in [-0.05, 0) is 39.8 Å². The Morgan fingerprint density at radius 3 is 2.56 bits per heavy atom. The van der Waals surface area contributed by atoms with Crippen molar-refractivity contribution < 1.29 is 14.3 Å². The molecule has 0 fully saturated rings. The van der Waals surface area contributed by atoms with Gasteiger partial charge < -0.3 is 9.47 Å². The number of ketones is 1. The molecule has 3 nitrogen and oxygen atoms in total. The summed E-state index contributed by atoms with van der Waals surface area (Å²) in [6.07, 6.45) is -0.421. The fraction of sp³-hybridized carbons (Fsp3) is 0.462. The predicted octanol–water partition coefficient (Wildman–Crippen LogP) is 2.75. The van der Waals surface area contributed by atoms with Gasteiger partial charge in [0.25, 0.3) is 0 Å². The third kappa shape index (κ3) is 2.99. The summed E-state index contributed by atoms with van der Waals surface area (Å²) in [6, 6.07) is 5.60. The molecule has 0 saturated carbocycles. The number of hydrogen-bond donors (Lipinski definition) is 0. The van der Waals surface area contributed by atoms with Crippen LogP contribution >= 0.6 is 0 Å². The van der Waals surface area contributed by atoms with Crippen LogP contribution in [0.25, 0.3) is 0 Å². The van der Waals surface area contributed by atoms with Gasteiger partial charge in [0.2, 0.25) is 0 Å². The second-order valence-corrected chi connectivity index (χ2v) is 3.68. The molecule has 0 aliphatic carbocycles. The average molecular weight is 222 g/mol. The molecule has 0 aliphatic rings. The maximum atomic E-state index is 11.1. The maximum absolute atomic E-state index is 11.1. The zero-order chi connectivity index (χ0) is 12.1. The first-order valence-electron chi connectivity index (χ1n) is 5.45. The van der Waals surface area contributed by atoms with E-state index < -0.39 is 6.10 Å². The Balaban J connectivity index is 2.88. The largest absolute Gasteiger partial charge is 0.493 e. The molecule has 1 unspecified atom stereocenters. The van der Waals surface area contributed by atoms with Crippen LogP contribution in [0, 0.1) is 6.92 Å². The van der Waals surface area contributed by atoms with E-state index in [1.807, 2.05) is 32.0 Å². The lowest BCUT2D eigenvalue weighted by molar-refractivity contribution is -0.122. The third-order valence-corrected chi connectivity index (χ3v) is 2.41. The van der Waals surface area contributed by atoms with Crippen LogP contribution in [0.1, 0.15) is 26.3 Å². The summed E-state index contributed by atoms with van der Waals surface area (Å²) in [5, 5.41) is 0. The first kappa shape index (κ1) is 12.6. The van der Waals surface area contributed by atoms with Crippen LogP contribution in [0.4, 0.5) is 0 Å². The minimum absolute atomic E-state index is 0.0150. The number of hydrogen-bond acceptors (Lipinski definition) is 3. The highest BCUT2D eigenvalue weighted by Crippen LogP contribution is 2.28. The van der Waals surface area contributed by atoms with Crippen LogP contribution in [0.5, 0.6) is 11.5 Å². The molecule has 88 valence electrons. The predicted molar refractivity (Wildman–Crippen MR) is 63.1 cm³/mol. The van der Waals surface area contributed by atoms with E-state index in [9.17, 15) is 4.79 Å². The molecule has 0 amide bonds. The molecule has 0 heterocycles. The minimum Gasteiger partial charge on any atom is -0.493 e. The van der Waals surface area contributed by atoms with Gasteiger partial charge >= 0.3 is 0 Å². The van der Waals surface area contributed by atoms with Crippen LogP contribution in [0.3, 0.4) is 0 Å². The van der Waals surface area contributed by atoms with E-state index in [1.54, 1.807) is 6.92 Å². The van der Waals surface area contributed by atoms with Gasteiger partial charge in [0.05, 0.1) is 6.61 Å². The zero-order valence-electron chi connectivity index (χ0n) is 10.2. The second kappa shape index (κ2) is 5.54. The lowest BCUT2D eigenvalue weighted by Gasteiger charge is -2.15. The lowest BCUT2D eigenvalue weighted by Crippen LogP contribution is -2.21. The van der Waals surface area contributed by atoms with Gasteiger partial charge in [0.15, 0.2) is 11.9 Å². The van der Waals surface area contributed by atoms with Crippen molar-refractivity contribution >= 4 is 5.78 Å². The van der Waals surface area contributed by atoms with Crippen LogP contribution in [-0.4, -0.2) is 18.5 Å². The van der Waals surface area contributed by atoms with Gasteiger partial charge in [-0.1, -0.05) is 6.07 Å². The summed E-state index contributed by atoms with van der Waals surface area (Å²) in [7, 11) is 0. The number of Topliss-reactive ketones (excluding diaryl/α,β-unsaturated/α-hetero) is 1. The van der Waals surface area contributed by atoms with Crippen molar-refractivity contribution in [2.24, 2.45) is 0 Å². The van der Waals surface area contributed by atoms with Gasteiger partial charge in [-0.25, -0.2) is 0 Å². The Morgan fingerprint density at radius 1 is 1.38 bits per heavy atom. The fourth-order valence-electron chi connectivity index (χ4n) is 1.31. The molecule has 1 aromatic carbocycles. The van der Waals surface area contributed by atoms with Crippen LogP contribution in [-0.2, 0) is 4.79 Å². The number of benzene rings is 1. The SMILES string of the molecule is CCOc1cccc(OC(C)C(C)=O)c1C. The molecule has 0 spiro atoms. The summed E-state index contributed by atoms with van der Waals surface area (Å²) < 4.78 is 11.0. The van der Waals surface area contributed by atoms with Crippen molar-refractivity contribution in [3.8, 4) is 11.5 Å². The molecule has 1 rings (SSSR count). The molecule has 0 aromatic heterocycles. The molecule has 0 bridgehead atoms. The van der Waals surface area contributed by atoms with Crippen molar-refractivity contribution in [1.29, 1.82) is 0 Å². The van der Waals surface area contributed by atoms with E-state index in [0.29, 0.717) is 12.4 Å². The van der Waals surface area contributed by atoms with E-state index in [-0.39, 0.29) is 5.78 Å². The summed E-state index contributed by atoms with van der Waals surface area (Å²) in [5.74, 6) is 1.52. The zero-order valence-corrected chi connectivity index (χ0v) is 10.2. The van der Waals surface area contributed by atoms with E-state index in [0.717, 1.165) is 11.3 Å². The first-order chi connectivity index (χ1) is 7.56. The Kier molecular flexibility index (Phi) is 4.35. The highest BCUT2D eigenvalue weighted by Gasteiger charge is 2.12. The summed E-state index contributed by atoms with van der Waals surface area (Å²) >= 11 is 0. The average Bonchev–Trinajstić information content (AvgIpc) is 2.24. The topological polar surface area (TPSA) is 35.5 Å². The lowest BCUT2D eigenvalue weighted by atomic mass is 10.2. The summed E-state index contributed by atoms with van der Waals surface area (Å²) in [5.41, 5.74) is 0.928. The van der Waals surface area contributed by atoms with E-state index in [4.69, 9.17) is 9.47 Å². The van der Waals surface area contributed by atoms with Crippen molar-refractivity contribution in [2.75, 3.05) is 6.61 Å². The summed E-state index contributed by atoms with van der Waals surface area (Å²) in [6.45, 7) is 7.74. The van der Waals surface area contributed by atoms with Crippen molar-refractivity contribution in [3.63, 3.8) is 0 Å². The molecule has 1 aromatic rings. The Morgan fingerprint density at radius 2 is 2.00 bits per heavy atom. The van der Waals surface area contributed by atoms with Gasteiger partial charge in [-0.3, -0.25) is 4.79 Å². The monoisotopic (exact) mass is 222 g/mol. The molecule has 3 heteroatoms. The molecular formula is C13H18O3. The number of carbonyl (C=O) groups is 1. The maximum Gasteiger partial charge on any atom is 0.169 e. The van der Waals surface area contributed by atoms with E-state index >= 15 is 0 Å². The van der Waals surface area contributed by atoms with Gasteiger partial charge in [0, 0.05) is 5.56 Å². The quantitative estimate of drug-likeness (QED) is 0.768. The Labute approximate surface area is 96.4 Å². The third-order valence-electron chi connectivity index (χ3n) is 2.41. The highest BCUT2D eigenvalue weighted by molar-refractivity contribution is 5.80. The standard InChI is InChI=1S/C13H18O3/c1-5-15-12-7-6-8-13(9(12)2)16-11(4)10(3)14/h6-8,11H,5H2,1-4H3. The molecule has 0 N–H and O–H groups in total. The molecule has 16 heavy (non-hydrogen) atoms. The van der Waals surface area contributed by atoms with E-state index in [1.165, 1.54) is 6.92 Å². The minimum atomic E-state index is -0.421. The van der Waals surface area contributed by atoms with Crippen molar-refractivity contribution in [2.45, 2.75) is 33.8 Å². The van der Waals surface area contributed by atoms with Crippen LogP contribution in [0.15, 0.2) is 18.2 Å².